The largest absolute Gasteiger partial charge is 0.342 e. The molecule has 5 heteroatoms. The molecule has 4 rings (SSSR count). The number of carbonyl (C=O) groups is 1. The van der Waals surface area contributed by atoms with Crippen LogP contribution >= 0.6 is 0 Å². The number of likely N-dealkylation sites (tertiary alicyclic amines) is 1. The zero-order chi connectivity index (χ0) is 17.4. The molecule has 1 aliphatic carbocycles. The minimum absolute atomic E-state index is 0.235. The maximum atomic E-state index is 13.3. The minimum atomic E-state index is -0.420. The van der Waals surface area contributed by atoms with Crippen LogP contribution in [0.25, 0.3) is 0 Å². The Hall–Kier alpha value is -2.17. The van der Waals surface area contributed by atoms with Gasteiger partial charge in [0.25, 0.3) is 0 Å². The van der Waals surface area contributed by atoms with Crippen LogP contribution in [-0.2, 0) is 23.7 Å². The van der Waals surface area contributed by atoms with E-state index in [0.717, 1.165) is 50.8 Å². The van der Waals surface area contributed by atoms with E-state index in [-0.39, 0.29) is 11.7 Å². The van der Waals surface area contributed by atoms with Crippen molar-refractivity contribution in [2.45, 2.75) is 37.5 Å². The zero-order valence-electron chi connectivity index (χ0n) is 14.6. The molecular formula is C20H24FN3O. The highest BCUT2D eigenvalue weighted by Gasteiger charge is 2.48. The Bertz CT molecular complexity index is 764. The second kappa shape index (κ2) is 6.28. The van der Waals surface area contributed by atoms with Crippen molar-refractivity contribution >= 4 is 5.91 Å². The first kappa shape index (κ1) is 16.3. The summed E-state index contributed by atoms with van der Waals surface area (Å²) < 4.78 is 15.1. The molecular weight excluding hydrogens is 317 g/mol. The van der Waals surface area contributed by atoms with Gasteiger partial charge in [0.15, 0.2) is 0 Å². The molecule has 1 aliphatic heterocycles. The lowest BCUT2D eigenvalue weighted by atomic mass is 9.63. The molecule has 132 valence electrons. The van der Waals surface area contributed by atoms with E-state index in [1.165, 1.54) is 17.7 Å². The number of benzene rings is 1. The van der Waals surface area contributed by atoms with Gasteiger partial charge in [0.2, 0.25) is 5.91 Å². The van der Waals surface area contributed by atoms with Gasteiger partial charge >= 0.3 is 0 Å². The molecule has 0 N–H and O–H groups in total. The number of nitrogens with zero attached hydrogens (tertiary/aromatic N) is 3. The molecule has 2 fully saturated rings. The molecule has 0 unspecified atom stereocenters. The minimum Gasteiger partial charge on any atom is -0.342 e. The molecule has 2 aliphatic rings. The van der Waals surface area contributed by atoms with Crippen LogP contribution in [0.3, 0.4) is 0 Å². The molecule has 1 saturated carbocycles. The van der Waals surface area contributed by atoms with Gasteiger partial charge in [0, 0.05) is 26.3 Å². The topological polar surface area (TPSA) is 38.1 Å². The van der Waals surface area contributed by atoms with Gasteiger partial charge in [0.1, 0.15) is 5.82 Å². The Kier molecular flexibility index (Phi) is 4.10. The summed E-state index contributed by atoms with van der Waals surface area (Å²) >= 11 is 0. The van der Waals surface area contributed by atoms with E-state index in [4.69, 9.17) is 0 Å². The molecule has 1 aromatic heterocycles. The fraction of sp³-hybridized carbons (Fsp3) is 0.500. The summed E-state index contributed by atoms with van der Waals surface area (Å²) in [6, 6.07) is 6.51. The predicted octanol–water partition coefficient (Wildman–Crippen LogP) is 3.07. The lowest BCUT2D eigenvalue weighted by Crippen LogP contribution is -2.50. The second-order valence-electron chi connectivity index (χ2n) is 7.57. The van der Waals surface area contributed by atoms with Crippen molar-refractivity contribution in [1.82, 2.24) is 14.7 Å². The van der Waals surface area contributed by atoms with Gasteiger partial charge in [-0.2, -0.15) is 5.10 Å². The number of hydrogen-bond donors (Lipinski definition) is 0. The van der Waals surface area contributed by atoms with Crippen molar-refractivity contribution in [3.63, 3.8) is 0 Å². The first-order chi connectivity index (χ1) is 12.1. The van der Waals surface area contributed by atoms with Gasteiger partial charge in [0.05, 0.1) is 11.6 Å². The first-order valence-corrected chi connectivity index (χ1v) is 9.10. The third-order valence-corrected chi connectivity index (χ3v) is 5.87. The lowest BCUT2D eigenvalue weighted by Gasteiger charge is -2.43. The lowest BCUT2D eigenvalue weighted by molar-refractivity contribution is -0.140. The Morgan fingerprint density at radius 1 is 1.32 bits per heavy atom. The highest BCUT2D eigenvalue weighted by atomic mass is 19.1. The van der Waals surface area contributed by atoms with Crippen molar-refractivity contribution in [2.24, 2.45) is 13.0 Å². The maximum absolute atomic E-state index is 13.3. The van der Waals surface area contributed by atoms with Crippen molar-refractivity contribution in [3.05, 3.63) is 53.6 Å². The van der Waals surface area contributed by atoms with E-state index in [1.807, 2.05) is 22.8 Å². The molecule has 2 aromatic rings. The Morgan fingerprint density at radius 3 is 2.68 bits per heavy atom. The van der Waals surface area contributed by atoms with Crippen molar-refractivity contribution in [3.8, 4) is 0 Å². The number of amides is 1. The summed E-state index contributed by atoms with van der Waals surface area (Å²) in [7, 11) is 1.93. The summed E-state index contributed by atoms with van der Waals surface area (Å²) in [6.45, 7) is 1.64. The molecule has 1 saturated heterocycles. The molecule has 1 amide bonds. The van der Waals surface area contributed by atoms with Crippen LogP contribution in [0.4, 0.5) is 4.39 Å². The summed E-state index contributed by atoms with van der Waals surface area (Å²) in [5, 5.41) is 4.23. The molecule has 0 radical (unpaired) electrons. The number of rotatable bonds is 4. The number of hydrogen-bond acceptors (Lipinski definition) is 2. The Labute approximate surface area is 147 Å². The van der Waals surface area contributed by atoms with E-state index >= 15 is 0 Å². The van der Waals surface area contributed by atoms with Crippen LogP contribution in [0.15, 0.2) is 36.7 Å². The molecule has 0 spiro atoms. The number of carbonyl (C=O) groups excluding carboxylic acids is 1. The molecule has 1 atom stereocenters. The smallest absolute Gasteiger partial charge is 0.233 e. The van der Waals surface area contributed by atoms with Gasteiger partial charge < -0.3 is 4.90 Å². The van der Waals surface area contributed by atoms with Crippen molar-refractivity contribution < 1.29 is 9.18 Å². The third kappa shape index (κ3) is 2.96. The number of halogens is 1. The third-order valence-electron chi connectivity index (χ3n) is 5.87. The van der Waals surface area contributed by atoms with Gasteiger partial charge in [-0.1, -0.05) is 18.6 Å². The molecule has 0 bridgehead atoms. The molecule has 25 heavy (non-hydrogen) atoms. The summed E-state index contributed by atoms with van der Waals surface area (Å²) in [5.74, 6) is 0.487. The van der Waals surface area contributed by atoms with Gasteiger partial charge in [-0.3, -0.25) is 9.48 Å². The van der Waals surface area contributed by atoms with Crippen LogP contribution in [-0.4, -0.2) is 33.7 Å². The highest BCUT2D eigenvalue weighted by Crippen LogP contribution is 2.46. The SMILES string of the molecule is Cn1cc(C[C@H]2CCN(C(=O)C3(c4ccc(F)cc4)CCC3)C2)cn1. The van der Waals surface area contributed by atoms with Crippen molar-refractivity contribution in [2.75, 3.05) is 13.1 Å². The standard InChI is InChI=1S/C20H24FN3O/c1-23-13-16(12-22-23)11-15-7-10-24(14-15)19(25)20(8-2-9-20)17-3-5-18(21)6-4-17/h3-6,12-13,15H,2,7-11,14H2,1H3/t15-/m1/s1. The number of aromatic nitrogens is 2. The Morgan fingerprint density at radius 2 is 2.08 bits per heavy atom. The van der Waals surface area contributed by atoms with Crippen molar-refractivity contribution in [1.29, 1.82) is 0 Å². The van der Waals surface area contributed by atoms with Crippen LogP contribution in [0.2, 0.25) is 0 Å². The monoisotopic (exact) mass is 341 g/mol. The number of aryl methyl sites for hydroxylation is 1. The normalized spacial score (nSPS) is 22.0. The molecule has 4 nitrogen and oxygen atoms in total. The molecule has 1 aromatic carbocycles. The average Bonchev–Trinajstić information content (AvgIpc) is 3.17. The predicted molar refractivity (Wildman–Crippen MR) is 93.5 cm³/mol. The highest BCUT2D eigenvalue weighted by molar-refractivity contribution is 5.89. The van der Waals surface area contributed by atoms with E-state index in [1.54, 1.807) is 12.1 Å². The average molecular weight is 341 g/mol. The van der Waals surface area contributed by atoms with E-state index in [2.05, 4.69) is 11.3 Å². The second-order valence-corrected chi connectivity index (χ2v) is 7.57. The summed E-state index contributed by atoms with van der Waals surface area (Å²) in [4.78, 5) is 15.3. The fourth-order valence-electron chi connectivity index (χ4n) is 4.32. The van der Waals surface area contributed by atoms with Crippen LogP contribution in [0.1, 0.15) is 36.8 Å². The van der Waals surface area contributed by atoms with Crippen LogP contribution < -0.4 is 0 Å². The summed E-state index contributed by atoms with van der Waals surface area (Å²) in [6.07, 6.45) is 8.80. The first-order valence-electron chi connectivity index (χ1n) is 9.10. The maximum Gasteiger partial charge on any atom is 0.233 e. The van der Waals surface area contributed by atoms with Gasteiger partial charge in [-0.05, 0) is 54.9 Å². The van der Waals surface area contributed by atoms with Gasteiger partial charge in [-0.25, -0.2) is 4.39 Å². The van der Waals surface area contributed by atoms with Crippen LogP contribution in [0.5, 0.6) is 0 Å². The summed E-state index contributed by atoms with van der Waals surface area (Å²) in [5.41, 5.74) is 1.79. The van der Waals surface area contributed by atoms with E-state index in [0.29, 0.717) is 5.92 Å². The Balaban J connectivity index is 1.46. The van der Waals surface area contributed by atoms with Gasteiger partial charge in [-0.15, -0.1) is 0 Å². The van der Waals surface area contributed by atoms with E-state index < -0.39 is 5.41 Å². The fourth-order valence-corrected chi connectivity index (χ4v) is 4.32. The molecule has 2 heterocycles. The van der Waals surface area contributed by atoms with Crippen LogP contribution in [0, 0.1) is 11.7 Å². The van der Waals surface area contributed by atoms with E-state index in [9.17, 15) is 9.18 Å². The quantitative estimate of drug-likeness (QED) is 0.857. The zero-order valence-corrected chi connectivity index (χ0v) is 14.6.